The van der Waals surface area contributed by atoms with Gasteiger partial charge in [-0.2, -0.15) is 0 Å². The van der Waals surface area contributed by atoms with Crippen molar-refractivity contribution in [3.63, 3.8) is 0 Å². The lowest BCUT2D eigenvalue weighted by atomic mass is 9.83. The lowest BCUT2D eigenvalue weighted by Gasteiger charge is -2.35. The number of aliphatic carboxylic acids is 1. The Bertz CT molecular complexity index is 2710. The highest BCUT2D eigenvalue weighted by molar-refractivity contribution is 8.03. The third-order valence-corrected chi connectivity index (χ3v) is 16.0. The van der Waals surface area contributed by atoms with E-state index in [1.165, 1.54) is 71.9 Å². The van der Waals surface area contributed by atoms with Gasteiger partial charge in [-0.15, -0.1) is 23.1 Å². The van der Waals surface area contributed by atoms with E-state index in [9.17, 15) is 24.0 Å². The summed E-state index contributed by atoms with van der Waals surface area (Å²) in [4.78, 5) is 65.7. The molecule has 370 valence electrons. The summed E-state index contributed by atoms with van der Waals surface area (Å²) in [5.74, 6) is -1.17. The number of thioether (sulfide) groups is 1. The van der Waals surface area contributed by atoms with Gasteiger partial charge >= 0.3 is 18.0 Å². The van der Waals surface area contributed by atoms with E-state index < -0.39 is 35.0 Å². The van der Waals surface area contributed by atoms with Gasteiger partial charge in [0.2, 0.25) is 0 Å². The summed E-state index contributed by atoms with van der Waals surface area (Å²) in [6.07, 6.45) is 15.9. The Morgan fingerprint density at radius 2 is 1.31 bits per heavy atom. The lowest BCUT2D eigenvalue weighted by Crippen LogP contribution is -2.59. The first kappa shape index (κ1) is 50.7. The maximum absolute atomic E-state index is 14.2. The number of carbonyl (C=O) groups excluding carboxylic acids is 4. The van der Waals surface area contributed by atoms with Gasteiger partial charge in [-0.1, -0.05) is 112 Å². The molecule has 0 saturated heterocycles. The van der Waals surface area contributed by atoms with E-state index in [-0.39, 0.29) is 30.8 Å². The SMILES string of the molecule is CCc1ccsc1NC(=O)NC(c1ccc(C(=O)NC2(CC)C=CSC2NC(=O)NC(c2ccc(C(=O)NCCC(=O)O)cc2)c2ccc(C3CCCCC3)cc2)cc1)c1ccc(C2=CCCCC2)cc1. The predicted molar refractivity (Wildman–Crippen MR) is 285 cm³/mol. The summed E-state index contributed by atoms with van der Waals surface area (Å²) >= 11 is 2.91. The average Bonchev–Trinajstić information content (AvgIpc) is 4.03. The van der Waals surface area contributed by atoms with E-state index in [4.69, 9.17) is 5.11 Å². The molecular formula is C57H64N6O6S2. The number of rotatable bonds is 18. The minimum absolute atomic E-state index is 0.0120. The number of nitrogens with one attached hydrogen (secondary N) is 6. The highest BCUT2D eigenvalue weighted by atomic mass is 32.2. The van der Waals surface area contributed by atoms with Crippen LogP contribution < -0.4 is 31.9 Å². The van der Waals surface area contributed by atoms with E-state index in [0.717, 1.165) is 64.9 Å². The van der Waals surface area contributed by atoms with Crippen molar-refractivity contribution in [2.45, 2.75) is 120 Å². The predicted octanol–water partition coefficient (Wildman–Crippen LogP) is 12.0. The number of hydrogen-bond acceptors (Lipinski definition) is 7. The van der Waals surface area contributed by atoms with Crippen LogP contribution in [0.15, 0.2) is 126 Å². The summed E-state index contributed by atoms with van der Waals surface area (Å²) in [6.45, 7) is 4.04. The number of hydrogen-bond donors (Lipinski definition) is 7. The molecule has 12 nitrogen and oxygen atoms in total. The maximum Gasteiger partial charge on any atom is 0.320 e. The Balaban J connectivity index is 0.969. The third kappa shape index (κ3) is 12.8. The Hall–Kier alpha value is -6.64. The molecule has 5 aromatic rings. The molecule has 4 atom stereocenters. The quantitative estimate of drug-likeness (QED) is 0.0457. The van der Waals surface area contributed by atoms with Crippen LogP contribution in [0, 0.1) is 0 Å². The molecule has 1 aromatic heterocycles. The molecule has 8 rings (SSSR count). The molecule has 1 fully saturated rings. The summed E-state index contributed by atoms with van der Waals surface area (Å²) in [5.41, 5.74) is 8.14. The number of anilines is 1. The van der Waals surface area contributed by atoms with E-state index in [2.05, 4.69) is 93.4 Å². The van der Waals surface area contributed by atoms with Gasteiger partial charge < -0.3 is 31.7 Å². The summed E-state index contributed by atoms with van der Waals surface area (Å²) < 4.78 is 0. The summed E-state index contributed by atoms with van der Waals surface area (Å²) in [6, 6.07) is 31.2. The van der Waals surface area contributed by atoms with E-state index in [1.54, 1.807) is 36.4 Å². The number of amides is 6. The van der Waals surface area contributed by atoms with Gasteiger partial charge in [-0.3, -0.25) is 19.7 Å². The molecule has 71 heavy (non-hydrogen) atoms. The molecule has 0 spiro atoms. The van der Waals surface area contributed by atoms with Crippen LogP contribution in [-0.2, 0) is 11.2 Å². The third-order valence-electron chi connectivity index (χ3n) is 14.0. The van der Waals surface area contributed by atoms with Gasteiger partial charge in [0.15, 0.2) is 0 Å². The van der Waals surface area contributed by atoms with Gasteiger partial charge in [0.25, 0.3) is 11.8 Å². The van der Waals surface area contributed by atoms with Crippen LogP contribution in [0.4, 0.5) is 14.6 Å². The number of carboxylic acid groups (broad SMARTS) is 1. The first-order chi connectivity index (χ1) is 34.5. The highest BCUT2D eigenvalue weighted by Crippen LogP contribution is 2.37. The largest absolute Gasteiger partial charge is 0.481 e. The molecule has 1 aliphatic heterocycles. The molecule has 6 amide bonds. The second-order valence-corrected chi connectivity index (χ2v) is 20.6. The Morgan fingerprint density at radius 1 is 0.704 bits per heavy atom. The monoisotopic (exact) mass is 992 g/mol. The molecule has 7 N–H and O–H groups in total. The minimum Gasteiger partial charge on any atom is -0.481 e. The lowest BCUT2D eigenvalue weighted by molar-refractivity contribution is -0.136. The van der Waals surface area contributed by atoms with E-state index >= 15 is 0 Å². The molecule has 2 aliphatic carbocycles. The van der Waals surface area contributed by atoms with Gasteiger partial charge in [0, 0.05) is 17.7 Å². The fourth-order valence-corrected chi connectivity index (χ4v) is 11.9. The molecule has 3 aliphatic rings. The van der Waals surface area contributed by atoms with E-state index in [0.29, 0.717) is 23.5 Å². The van der Waals surface area contributed by atoms with Gasteiger partial charge in [0.1, 0.15) is 5.37 Å². The molecule has 14 heteroatoms. The van der Waals surface area contributed by atoms with Crippen LogP contribution in [0.5, 0.6) is 0 Å². The van der Waals surface area contributed by atoms with Crippen molar-refractivity contribution in [2.24, 2.45) is 0 Å². The summed E-state index contributed by atoms with van der Waals surface area (Å²) in [5, 5.41) is 31.6. The smallest absolute Gasteiger partial charge is 0.320 e. The summed E-state index contributed by atoms with van der Waals surface area (Å²) in [7, 11) is 0. The Labute approximate surface area is 425 Å². The van der Waals surface area contributed by atoms with Crippen LogP contribution in [0.25, 0.3) is 5.57 Å². The van der Waals surface area contributed by atoms with Crippen molar-refractivity contribution in [1.82, 2.24) is 26.6 Å². The van der Waals surface area contributed by atoms with Crippen molar-refractivity contribution in [1.29, 1.82) is 0 Å². The van der Waals surface area contributed by atoms with Crippen molar-refractivity contribution >= 4 is 63.5 Å². The van der Waals surface area contributed by atoms with Crippen LogP contribution in [0.2, 0.25) is 0 Å². The Kier molecular flexibility index (Phi) is 17.1. The molecule has 1 saturated carbocycles. The minimum atomic E-state index is -0.996. The van der Waals surface area contributed by atoms with Gasteiger partial charge in [-0.25, -0.2) is 9.59 Å². The first-order valence-corrected chi connectivity index (χ1v) is 26.8. The maximum atomic E-state index is 14.2. The van der Waals surface area contributed by atoms with Crippen LogP contribution in [0.3, 0.4) is 0 Å². The standard InChI is InChI=1S/C57H64N6O6S2/c1-3-37-32-35-70-53(37)61-55(68)59-49(42-19-15-40(16-20-42)38-11-7-5-8-12-38)45-25-29-47(30-26-45)52(67)63-57(4-2)33-36-71-54(57)62-56(69)60-50(43-21-17-41(18-22-43)39-13-9-6-10-14-39)44-23-27-46(28-24-44)51(66)58-34-31-48(64)65/h11,15-30,32-33,35-36,39,49-50,54H,3-10,12-14,31,34H2,1-2H3,(H,58,66)(H,63,67)(H,64,65)(H2,59,61,68)(H2,60,62,69). The van der Waals surface area contributed by atoms with Gasteiger partial charge in [-0.05, 0) is 149 Å². The molecule has 0 radical (unpaired) electrons. The highest BCUT2D eigenvalue weighted by Gasteiger charge is 2.41. The average molecular weight is 993 g/mol. The molecule has 4 aromatic carbocycles. The van der Waals surface area contributed by atoms with Crippen molar-refractivity contribution < 1.29 is 29.1 Å². The number of allylic oxidation sites excluding steroid dienone is 2. The second kappa shape index (κ2) is 24.0. The topological polar surface area (TPSA) is 178 Å². The number of benzene rings is 4. The van der Waals surface area contributed by atoms with Crippen LogP contribution in [0.1, 0.15) is 162 Å². The van der Waals surface area contributed by atoms with Crippen LogP contribution in [-0.4, -0.2) is 52.4 Å². The number of carbonyl (C=O) groups is 5. The fourth-order valence-electron chi connectivity index (χ4n) is 9.82. The number of carboxylic acids is 1. The number of aryl methyl sites for hydroxylation is 1. The fraction of sp³-hybridized carbons (Fsp3) is 0.351. The zero-order valence-corrected chi connectivity index (χ0v) is 42.1. The van der Waals surface area contributed by atoms with E-state index in [1.807, 2.05) is 42.0 Å². The van der Waals surface area contributed by atoms with Gasteiger partial charge in [0.05, 0.1) is 29.0 Å². The Morgan fingerprint density at radius 3 is 1.90 bits per heavy atom. The molecule has 4 unspecified atom stereocenters. The van der Waals surface area contributed by atoms with Crippen molar-refractivity contribution in [2.75, 3.05) is 11.9 Å². The second-order valence-electron chi connectivity index (χ2n) is 18.6. The van der Waals surface area contributed by atoms with Crippen molar-refractivity contribution in [3.05, 3.63) is 176 Å². The first-order valence-electron chi connectivity index (χ1n) is 25.0. The normalized spacial score (nSPS) is 18.6. The number of thiophene rings is 1. The van der Waals surface area contributed by atoms with Crippen molar-refractivity contribution in [3.8, 4) is 0 Å². The zero-order chi connectivity index (χ0) is 49.7. The number of urea groups is 2. The van der Waals surface area contributed by atoms with Crippen LogP contribution >= 0.6 is 23.1 Å². The molecular weight excluding hydrogens is 929 g/mol. The molecule has 0 bridgehead atoms. The zero-order valence-electron chi connectivity index (χ0n) is 40.4. The molecule has 2 heterocycles.